The minimum Gasteiger partial charge on any atom is -0.480 e. The monoisotopic (exact) mass is 298 g/mol. The fourth-order valence-corrected chi connectivity index (χ4v) is 2.09. The fraction of sp³-hybridized carbons (Fsp3) is 0.385. The van der Waals surface area contributed by atoms with E-state index in [1.807, 2.05) is 0 Å². The molecule has 7 heteroatoms. The molecule has 1 amide bonds. The van der Waals surface area contributed by atoms with Crippen molar-refractivity contribution < 1.29 is 19.4 Å². The molecule has 1 unspecified atom stereocenters. The molecule has 1 aliphatic rings. The molecule has 2 rings (SSSR count). The van der Waals surface area contributed by atoms with Crippen molar-refractivity contribution >= 4 is 29.2 Å². The van der Waals surface area contributed by atoms with Crippen molar-refractivity contribution in [2.75, 3.05) is 31.2 Å². The van der Waals surface area contributed by atoms with E-state index in [0.717, 1.165) is 0 Å². The van der Waals surface area contributed by atoms with Gasteiger partial charge in [0.25, 0.3) is 0 Å². The van der Waals surface area contributed by atoms with Gasteiger partial charge >= 0.3 is 5.97 Å². The Balaban J connectivity index is 2.19. The van der Waals surface area contributed by atoms with E-state index in [4.69, 9.17) is 21.4 Å². The number of hydrogen-bond donors (Lipinski definition) is 2. The first-order valence-electron chi connectivity index (χ1n) is 6.18. The van der Waals surface area contributed by atoms with Gasteiger partial charge in [0.05, 0.1) is 13.2 Å². The van der Waals surface area contributed by atoms with Crippen LogP contribution in [0.3, 0.4) is 0 Å². The number of carbonyl (C=O) groups excluding carboxylic acids is 1. The molecule has 1 saturated heterocycles. The van der Waals surface area contributed by atoms with E-state index in [2.05, 4.69) is 5.32 Å². The summed E-state index contributed by atoms with van der Waals surface area (Å²) in [5, 5.41) is 12.5. The number of carboxylic acid groups (broad SMARTS) is 1. The molecule has 2 N–H and O–H groups in total. The van der Waals surface area contributed by atoms with Crippen molar-refractivity contribution in [3.63, 3.8) is 0 Å². The van der Waals surface area contributed by atoms with Crippen LogP contribution < -0.4 is 10.2 Å². The minimum absolute atomic E-state index is 0.239. The summed E-state index contributed by atoms with van der Waals surface area (Å²) in [6.45, 7) is 0.947. The van der Waals surface area contributed by atoms with Crippen molar-refractivity contribution in [3.05, 3.63) is 29.3 Å². The number of morpholine rings is 1. The third kappa shape index (κ3) is 3.69. The lowest BCUT2D eigenvalue weighted by Crippen LogP contribution is -2.53. The second-order valence-electron chi connectivity index (χ2n) is 4.38. The average molecular weight is 299 g/mol. The molecular formula is C13H15ClN2O4. The van der Waals surface area contributed by atoms with Crippen LogP contribution in [0.15, 0.2) is 24.3 Å². The van der Waals surface area contributed by atoms with Gasteiger partial charge in [-0.05, 0) is 24.3 Å². The predicted octanol–water partition coefficient (Wildman–Crippen LogP) is 0.746. The lowest BCUT2D eigenvalue weighted by molar-refractivity contribution is -0.137. The summed E-state index contributed by atoms with van der Waals surface area (Å²) in [6, 6.07) is 5.94. The summed E-state index contributed by atoms with van der Waals surface area (Å²) in [7, 11) is 0. The number of benzene rings is 1. The Morgan fingerprint density at radius 3 is 2.65 bits per heavy atom. The van der Waals surface area contributed by atoms with E-state index in [1.54, 1.807) is 24.3 Å². The molecule has 1 heterocycles. The summed E-state index contributed by atoms with van der Waals surface area (Å²) in [5.74, 6) is -1.40. The number of anilines is 1. The van der Waals surface area contributed by atoms with Gasteiger partial charge in [-0.15, -0.1) is 0 Å². The quantitative estimate of drug-likeness (QED) is 0.857. The van der Waals surface area contributed by atoms with Crippen LogP contribution >= 0.6 is 11.6 Å². The van der Waals surface area contributed by atoms with Crippen LogP contribution in [0, 0.1) is 0 Å². The number of aliphatic carboxylic acids is 1. The first-order chi connectivity index (χ1) is 9.58. The van der Waals surface area contributed by atoms with Gasteiger partial charge in [-0.1, -0.05) is 11.6 Å². The lowest BCUT2D eigenvalue weighted by atomic mass is 10.2. The molecule has 0 saturated carbocycles. The highest BCUT2D eigenvalue weighted by molar-refractivity contribution is 6.30. The number of hydrogen-bond acceptors (Lipinski definition) is 4. The minimum atomic E-state index is -1.08. The van der Waals surface area contributed by atoms with Crippen LogP contribution in [-0.4, -0.2) is 49.3 Å². The van der Waals surface area contributed by atoms with Crippen LogP contribution in [0.5, 0.6) is 0 Å². The van der Waals surface area contributed by atoms with Crippen molar-refractivity contribution in [2.45, 2.75) is 6.04 Å². The van der Waals surface area contributed by atoms with Crippen LogP contribution in [0.25, 0.3) is 0 Å². The second-order valence-corrected chi connectivity index (χ2v) is 4.81. The molecule has 0 aliphatic carbocycles. The Bertz CT molecular complexity index is 486. The van der Waals surface area contributed by atoms with Gasteiger partial charge < -0.3 is 15.2 Å². The van der Waals surface area contributed by atoms with E-state index in [-0.39, 0.29) is 12.5 Å². The van der Waals surface area contributed by atoms with Crippen LogP contribution in [-0.2, 0) is 14.3 Å². The van der Waals surface area contributed by atoms with E-state index in [1.165, 1.54) is 4.90 Å². The largest absolute Gasteiger partial charge is 0.480 e. The average Bonchev–Trinajstić information content (AvgIpc) is 2.46. The molecule has 0 bridgehead atoms. The highest BCUT2D eigenvalue weighted by Gasteiger charge is 2.28. The molecule has 1 fully saturated rings. The van der Waals surface area contributed by atoms with E-state index >= 15 is 0 Å². The number of nitrogens with one attached hydrogen (secondary N) is 1. The van der Waals surface area contributed by atoms with E-state index in [9.17, 15) is 9.59 Å². The van der Waals surface area contributed by atoms with Gasteiger partial charge in [0.2, 0.25) is 5.91 Å². The normalized spacial score (nSPS) is 18.6. The summed E-state index contributed by atoms with van der Waals surface area (Å²) < 4.78 is 5.23. The standard InChI is InChI=1S/C13H15ClN2O4/c14-9-1-3-10(4-2-9)16(7-12(17)18)13(19)11-8-20-6-5-15-11/h1-4,11,15H,5-8H2,(H,17,18). The first-order valence-corrected chi connectivity index (χ1v) is 6.55. The summed E-state index contributed by atoms with van der Waals surface area (Å²) in [5.41, 5.74) is 0.495. The molecule has 20 heavy (non-hydrogen) atoms. The molecule has 108 valence electrons. The first kappa shape index (κ1) is 14.8. The topological polar surface area (TPSA) is 78.9 Å². The highest BCUT2D eigenvalue weighted by Crippen LogP contribution is 2.19. The zero-order chi connectivity index (χ0) is 14.5. The van der Waals surface area contributed by atoms with Crippen LogP contribution in [0.4, 0.5) is 5.69 Å². The van der Waals surface area contributed by atoms with Gasteiger partial charge in [-0.25, -0.2) is 0 Å². The Labute approximate surface area is 121 Å². The molecule has 6 nitrogen and oxygen atoms in total. The maximum absolute atomic E-state index is 12.4. The predicted molar refractivity (Wildman–Crippen MR) is 74.1 cm³/mol. The lowest BCUT2D eigenvalue weighted by Gasteiger charge is -2.29. The number of nitrogens with zero attached hydrogens (tertiary/aromatic N) is 1. The Kier molecular flexibility index (Phi) is 4.94. The molecule has 1 aromatic carbocycles. The van der Waals surface area contributed by atoms with Crippen LogP contribution in [0.1, 0.15) is 0 Å². The summed E-state index contributed by atoms with van der Waals surface area (Å²) >= 11 is 5.80. The van der Waals surface area contributed by atoms with Crippen LogP contribution in [0.2, 0.25) is 5.02 Å². The van der Waals surface area contributed by atoms with Gasteiger partial charge in [-0.2, -0.15) is 0 Å². The zero-order valence-electron chi connectivity index (χ0n) is 10.7. The number of carboxylic acids is 1. The third-order valence-electron chi connectivity index (χ3n) is 2.92. The second kappa shape index (κ2) is 6.69. The third-order valence-corrected chi connectivity index (χ3v) is 3.17. The smallest absolute Gasteiger partial charge is 0.323 e. The van der Waals surface area contributed by atoms with Crippen molar-refractivity contribution in [3.8, 4) is 0 Å². The fourth-order valence-electron chi connectivity index (χ4n) is 1.96. The molecule has 1 aliphatic heterocycles. The Morgan fingerprint density at radius 2 is 2.10 bits per heavy atom. The van der Waals surface area contributed by atoms with Gasteiger partial charge in [0, 0.05) is 17.3 Å². The maximum atomic E-state index is 12.4. The molecule has 0 spiro atoms. The summed E-state index contributed by atoms with van der Waals surface area (Å²) in [6.07, 6.45) is 0. The number of amides is 1. The molecule has 1 atom stereocenters. The molecule has 1 aromatic rings. The van der Waals surface area contributed by atoms with Crippen molar-refractivity contribution in [1.29, 1.82) is 0 Å². The van der Waals surface area contributed by atoms with E-state index in [0.29, 0.717) is 23.9 Å². The molecule has 0 radical (unpaired) electrons. The Hall–Kier alpha value is -1.63. The van der Waals surface area contributed by atoms with Crippen molar-refractivity contribution in [1.82, 2.24) is 5.32 Å². The Morgan fingerprint density at radius 1 is 1.40 bits per heavy atom. The number of ether oxygens (including phenoxy) is 1. The summed E-state index contributed by atoms with van der Waals surface area (Å²) in [4.78, 5) is 24.6. The van der Waals surface area contributed by atoms with E-state index < -0.39 is 18.6 Å². The molecular weight excluding hydrogens is 284 g/mol. The van der Waals surface area contributed by atoms with Crippen molar-refractivity contribution in [2.24, 2.45) is 0 Å². The highest BCUT2D eigenvalue weighted by atomic mass is 35.5. The maximum Gasteiger partial charge on any atom is 0.323 e. The zero-order valence-corrected chi connectivity index (χ0v) is 11.5. The molecule has 0 aromatic heterocycles. The SMILES string of the molecule is O=C(O)CN(C(=O)C1COCCN1)c1ccc(Cl)cc1. The van der Waals surface area contributed by atoms with Gasteiger partial charge in [0.15, 0.2) is 0 Å². The number of halogens is 1. The van der Waals surface area contributed by atoms with Gasteiger partial charge in [-0.3, -0.25) is 14.5 Å². The number of rotatable bonds is 4. The number of carbonyl (C=O) groups is 2. The van der Waals surface area contributed by atoms with Gasteiger partial charge in [0.1, 0.15) is 12.6 Å².